The maximum Gasteiger partial charge on any atom is 0.371 e. The van der Waals surface area contributed by atoms with Crippen molar-refractivity contribution in [2.24, 2.45) is 0 Å². The number of hydrogen-bond donors (Lipinski definition) is 2. The van der Waals surface area contributed by atoms with E-state index in [1.165, 1.54) is 30.3 Å². The first-order chi connectivity index (χ1) is 9.49. The Hall–Kier alpha value is -2.15. The maximum absolute atomic E-state index is 13.7. The van der Waals surface area contributed by atoms with Crippen molar-refractivity contribution in [1.82, 2.24) is 5.32 Å². The Morgan fingerprint density at radius 1 is 1.30 bits per heavy atom. The first-order valence-electron chi connectivity index (χ1n) is 5.53. The predicted octanol–water partition coefficient (Wildman–Crippen LogP) is 2.81. The van der Waals surface area contributed by atoms with Gasteiger partial charge in [-0.25, -0.2) is 9.18 Å². The summed E-state index contributed by atoms with van der Waals surface area (Å²) in [6, 6.07) is 7.08. The van der Waals surface area contributed by atoms with Crippen LogP contribution in [0, 0.1) is 5.82 Å². The van der Waals surface area contributed by atoms with Gasteiger partial charge in [0.1, 0.15) is 11.6 Å². The van der Waals surface area contributed by atoms with Crippen LogP contribution in [0.3, 0.4) is 0 Å². The zero-order valence-corrected chi connectivity index (χ0v) is 11.6. The van der Waals surface area contributed by atoms with Gasteiger partial charge in [0, 0.05) is 0 Å². The van der Waals surface area contributed by atoms with Crippen LogP contribution < -0.4 is 5.32 Å². The van der Waals surface area contributed by atoms with Crippen LogP contribution in [0.25, 0.3) is 0 Å². The van der Waals surface area contributed by atoms with E-state index in [-0.39, 0.29) is 28.1 Å². The average Bonchev–Trinajstić information content (AvgIpc) is 2.88. The highest BCUT2D eigenvalue weighted by atomic mass is 79.9. The SMILES string of the molecule is O=C(O)c1ccc(CNC(=O)c2cccc(Br)c2F)o1. The van der Waals surface area contributed by atoms with Gasteiger partial charge in [0.25, 0.3) is 5.91 Å². The van der Waals surface area contributed by atoms with Gasteiger partial charge in [-0.3, -0.25) is 4.79 Å². The van der Waals surface area contributed by atoms with Crippen LogP contribution in [0.4, 0.5) is 4.39 Å². The van der Waals surface area contributed by atoms with Crippen molar-refractivity contribution in [3.8, 4) is 0 Å². The van der Waals surface area contributed by atoms with Gasteiger partial charge in [-0.2, -0.15) is 0 Å². The molecule has 0 atom stereocenters. The summed E-state index contributed by atoms with van der Waals surface area (Å²) in [4.78, 5) is 22.4. The van der Waals surface area contributed by atoms with Crippen LogP contribution in [0.5, 0.6) is 0 Å². The van der Waals surface area contributed by atoms with Gasteiger partial charge in [-0.1, -0.05) is 6.07 Å². The molecule has 1 aromatic heterocycles. The molecule has 5 nitrogen and oxygen atoms in total. The molecule has 0 aliphatic carbocycles. The summed E-state index contributed by atoms with van der Waals surface area (Å²) in [7, 11) is 0. The zero-order valence-electron chi connectivity index (χ0n) is 10.0. The van der Waals surface area contributed by atoms with Crippen LogP contribution in [0.2, 0.25) is 0 Å². The smallest absolute Gasteiger partial charge is 0.371 e. The van der Waals surface area contributed by atoms with E-state index in [0.29, 0.717) is 0 Å². The van der Waals surface area contributed by atoms with Crippen molar-refractivity contribution >= 4 is 27.8 Å². The van der Waals surface area contributed by atoms with Crippen molar-refractivity contribution in [1.29, 1.82) is 0 Å². The van der Waals surface area contributed by atoms with Gasteiger partial charge in [-0.15, -0.1) is 0 Å². The molecule has 0 aliphatic rings. The largest absolute Gasteiger partial charge is 0.475 e. The third-order valence-electron chi connectivity index (χ3n) is 2.49. The summed E-state index contributed by atoms with van der Waals surface area (Å²) in [5, 5.41) is 11.1. The Morgan fingerprint density at radius 2 is 2.05 bits per heavy atom. The van der Waals surface area contributed by atoms with E-state index in [1.54, 1.807) is 0 Å². The second kappa shape index (κ2) is 5.87. The van der Waals surface area contributed by atoms with Crippen LogP contribution in [-0.2, 0) is 6.54 Å². The number of amides is 1. The number of benzene rings is 1. The van der Waals surface area contributed by atoms with Gasteiger partial charge in [-0.05, 0) is 40.2 Å². The molecule has 0 spiro atoms. The molecule has 0 saturated heterocycles. The molecule has 0 fully saturated rings. The highest BCUT2D eigenvalue weighted by molar-refractivity contribution is 9.10. The van der Waals surface area contributed by atoms with E-state index < -0.39 is 17.7 Å². The fraction of sp³-hybridized carbons (Fsp3) is 0.0769. The topological polar surface area (TPSA) is 79.5 Å². The summed E-state index contributed by atoms with van der Waals surface area (Å²) >= 11 is 2.99. The normalized spacial score (nSPS) is 10.3. The van der Waals surface area contributed by atoms with Crippen LogP contribution in [-0.4, -0.2) is 17.0 Å². The number of hydrogen-bond acceptors (Lipinski definition) is 3. The number of carbonyl (C=O) groups excluding carboxylic acids is 1. The van der Waals surface area contributed by atoms with E-state index >= 15 is 0 Å². The van der Waals surface area contributed by atoms with E-state index in [0.717, 1.165) is 0 Å². The lowest BCUT2D eigenvalue weighted by Gasteiger charge is -2.05. The fourth-order valence-electron chi connectivity index (χ4n) is 1.53. The van der Waals surface area contributed by atoms with Gasteiger partial charge in [0.15, 0.2) is 0 Å². The molecule has 1 amide bonds. The number of carbonyl (C=O) groups is 2. The van der Waals surface area contributed by atoms with E-state index in [4.69, 9.17) is 9.52 Å². The number of carboxylic acids is 1. The first-order valence-corrected chi connectivity index (χ1v) is 6.32. The monoisotopic (exact) mass is 341 g/mol. The Labute approximate surface area is 121 Å². The van der Waals surface area contributed by atoms with E-state index in [1.807, 2.05) is 0 Å². The fourth-order valence-corrected chi connectivity index (χ4v) is 1.90. The molecule has 0 unspecified atom stereocenters. The molecule has 0 aliphatic heterocycles. The summed E-state index contributed by atoms with van der Waals surface area (Å²) in [5.41, 5.74) is -0.107. The highest BCUT2D eigenvalue weighted by Gasteiger charge is 2.14. The summed E-state index contributed by atoms with van der Waals surface area (Å²) in [5.74, 6) is -2.41. The van der Waals surface area contributed by atoms with Gasteiger partial charge in [0.05, 0.1) is 16.6 Å². The minimum Gasteiger partial charge on any atom is -0.475 e. The number of carboxylic acid groups (broad SMARTS) is 1. The molecule has 1 aromatic carbocycles. The third-order valence-corrected chi connectivity index (χ3v) is 3.10. The molecule has 0 radical (unpaired) electrons. The quantitative estimate of drug-likeness (QED) is 0.896. The van der Waals surface area contributed by atoms with E-state index in [2.05, 4.69) is 21.2 Å². The van der Waals surface area contributed by atoms with Crippen LogP contribution in [0.15, 0.2) is 39.2 Å². The molecular weight excluding hydrogens is 333 g/mol. The maximum atomic E-state index is 13.7. The highest BCUT2D eigenvalue weighted by Crippen LogP contribution is 2.18. The number of rotatable bonds is 4. The molecule has 7 heteroatoms. The second-order valence-corrected chi connectivity index (χ2v) is 4.71. The minimum absolute atomic E-state index is 0.0297. The van der Waals surface area contributed by atoms with Gasteiger partial charge < -0.3 is 14.8 Å². The van der Waals surface area contributed by atoms with Crippen LogP contribution in [0.1, 0.15) is 26.7 Å². The lowest BCUT2D eigenvalue weighted by molar-refractivity contribution is 0.0660. The number of aromatic carboxylic acids is 1. The second-order valence-electron chi connectivity index (χ2n) is 3.86. The van der Waals surface area contributed by atoms with Gasteiger partial charge in [0.2, 0.25) is 5.76 Å². The summed E-state index contributed by atoms with van der Waals surface area (Å²) in [6.07, 6.45) is 0. The Balaban J connectivity index is 2.05. The van der Waals surface area contributed by atoms with Crippen molar-refractivity contribution in [2.75, 3.05) is 0 Å². The average molecular weight is 342 g/mol. The Morgan fingerprint density at radius 3 is 2.70 bits per heavy atom. The van der Waals surface area contributed by atoms with Crippen molar-refractivity contribution in [2.45, 2.75) is 6.54 Å². The first kappa shape index (κ1) is 14.3. The Bertz CT molecular complexity index is 668. The number of nitrogens with one attached hydrogen (secondary N) is 1. The zero-order chi connectivity index (χ0) is 14.7. The lowest BCUT2D eigenvalue weighted by Crippen LogP contribution is -2.23. The van der Waals surface area contributed by atoms with E-state index in [9.17, 15) is 14.0 Å². The van der Waals surface area contributed by atoms with Crippen molar-refractivity contribution in [3.05, 3.63) is 57.7 Å². The molecule has 2 rings (SSSR count). The third kappa shape index (κ3) is 3.05. The standard InChI is InChI=1S/C13H9BrFNO4/c14-9-3-1-2-8(11(9)15)12(17)16-6-7-4-5-10(20-7)13(18)19/h1-5H,6H2,(H,16,17)(H,18,19). The molecule has 20 heavy (non-hydrogen) atoms. The summed E-state index contributed by atoms with van der Waals surface area (Å²) < 4.78 is 18.8. The molecule has 104 valence electrons. The molecule has 0 bridgehead atoms. The van der Waals surface area contributed by atoms with Gasteiger partial charge >= 0.3 is 5.97 Å². The Kier molecular flexibility index (Phi) is 4.19. The minimum atomic E-state index is -1.19. The summed E-state index contributed by atoms with van der Waals surface area (Å²) in [6.45, 7) is -0.0297. The lowest BCUT2D eigenvalue weighted by atomic mass is 10.2. The molecule has 1 heterocycles. The number of halogens is 2. The van der Waals surface area contributed by atoms with Crippen molar-refractivity contribution in [3.63, 3.8) is 0 Å². The predicted molar refractivity (Wildman–Crippen MR) is 70.9 cm³/mol. The molecule has 2 aromatic rings. The van der Waals surface area contributed by atoms with Crippen molar-refractivity contribution < 1.29 is 23.5 Å². The molecule has 2 N–H and O–H groups in total. The molecule has 0 saturated carbocycles. The van der Waals surface area contributed by atoms with Crippen LogP contribution >= 0.6 is 15.9 Å². The number of furan rings is 1. The molecular formula is C13H9BrFNO4.